The summed E-state index contributed by atoms with van der Waals surface area (Å²) in [6, 6.07) is 9.57. The number of carbonyl (C=O) groups is 1. The van der Waals surface area contributed by atoms with Gasteiger partial charge in [0, 0.05) is 11.7 Å². The van der Waals surface area contributed by atoms with Gasteiger partial charge in [-0.15, -0.1) is 0 Å². The Morgan fingerprint density at radius 2 is 1.81 bits per heavy atom. The second kappa shape index (κ2) is 8.47. The summed E-state index contributed by atoms with van der Waals surface area (Å²) in [5, 5.41) is 3.26. The average Bonchev–Trinajstić information content (AvgIpc) is 2.42. The van der Waals surface area contributed by atoms with Crippen LogP contribution in [0.5, 0.6) is 0 Å². The van der Waals surface area contributed by atoms with E-state index >= 15 is 0 Å². The maximum atomic E-state index is 11.7. The van der Waals surface area contributed by atoms with Crippen LogP contribution in [0, 0.1) is 5.92 Å². The van der Waals surface area contributed by atoms with Crippen LogP contribution in [-0.2, 0) is 11.2 Å². The van der Waals surface area contributed by atoms with Crippen molar-refractivity contribution in [3.05, 3.63) is 48.2 Å². The third kappa shape index (κ3) is 6.45. The van der Waals surface area contributed by atoms with Crippen molar-refractivity contribution >= 4 is 5.91 Å². The highest BCUT2D eigenvalue weighted by Gasteiger charge is 2.21. The molecule has 1 aromatic carbocycles. The number of nitrogens with one attached hydrogen (secondary N) is 1. The molecule has 21 heavy (non-hydrogen) atoms. The van der Waals surface area contributed by atoms with Crippen molar-refractivity contribution in [1.29, 1.82) is 0 Å². The van der Waals surface area contributed by atoms with E-state index in [-0.39, 0.29) is 11.9 Å². The monoisotopic (exact) mass is 289 g/mol. The molecule has 1 aromatic rings. The largest absolute Gasteiger partial charge is 0.401 e. The molecule has 1 rings (SSSR count). The molecule has 2 atom stereocenters. The van der Waals surface area contributed by atoms with E-state index in [1.165, 1.54) is 5.56 Å². The van der Waals surface area contributed by atoms with Crippen molar-refractivity contribution in [3.63, 3.8) is 0 Å². The van der Waals surface area contributed by atoms with E-state index in [0.29, 0.717) is 18.0 Å². The Balaban J connectivity index is 2.63. The Morgan fingerprint density at radius 1 is 1.19 bits per heavy atom. The molecule has 0 saturated carbocycles. The molecule has 0 fully saturated rings. The van der Waals surface area contributed by atoms with E-state index in [4.69, 9.17) is 11.5 Å². The lowest BCUT2D eigenvalue weighted by Crippen LogP contribution is -2.48. The molecule has 0 saturated heterocycles. The van der Waals surface area contributed by atoms with Crippen LogP contribution in [0.4, 0.5) is 0 Å². The van der Waals surface area contributed by atoms with Gasteiger partial charge in [-0.25, -0.2) is 0 Å². The quantitative estimate of drug-likeness (QED) is 0.650. The first kappa shape index (κ1) is 17.2. The van der Waals surface area contributed by atoms with Crippen LogP contribution < -0.4 is 16.8 Å². The molecule has 0 aromatic heterocycles. The van der Waals surface area contributed by atoms with Crippen molar-refractivity contribution in [2.24, 2.45) is 17.4 Å². The average molecular weight is 289 g/mol. The topological polar surface area (TPSA) is 81.1 Å². The molecular weight excluding hydrogens is 262 g/mol. The summed E-state index contributed by atoms with van der Waals surface area (Å²) in [6.07, 6.45) is 2.29. The number of amides is 1. The standard InChI is InChI=1S/C17H27N3O/c1-12(2)11-16(13(3)18)20-15(17(19)21)10-9-14-7-5-4-6-8-14/h4-8,12,15-16,20H,3,9-11,18H2,1-2H3,(H2,19,21)/t15-,16?/m1/s1. The van der Waals surface area contributed by atoms with Crippen LogP contribution in [0.1, 0.15) is 32.3 Å². The number of hydrogen-bond acceptors (Lipinski definition) is 3. The molecule has 4 nitrogen and oxygen atoms in total. The van der Waals surface area contributed by atoms with Gasteiger partial charge in [0.15, 0.2) is 0 Å². The minimum Gasteiger partial charge on any atom is -0.401 e. The van der Waals surface area contributed by atoms with E-state index in [0.717, 1.165) is 12.8 Å². The smallest absolute Gasteiger partial charge is 0.234 e. The number of aryl methyl sites for hydroxylation is 1. The number of hydrogen-bond donors (Lipinski definition) is 3. The van der Waals surface area contributed by atoms with Crippen LogP contribution in [0.25, 0.3) is 0 Å². The Bertz CT molecular complexity index is 456. The third-order valence-corrected chi connectivity index (χ3v) is 3.47. The van der Waals surface area contributed by atoms with Crippen molar-refractivity contribution in [1.82, 2.24) is 5.32 Å². The number of benzene rings is 1. The fraction of sp³-hybridized carbons (Fsp3) is 0.471. The fourth-order valence-corrected chi connectivity index (χ4v) is 2.30. The zero-order chi connectivity index (χ0) is 15.8. The molecule has 0 aliphatic heterocycles. The molecule has 116 valence electrons. The van der Waals surface area contributed by atoms with Gasteiger partial charge < -0.3 is 11.5 Å². The molecule has 0 aliphatic carbocycles. The van der Waals surface area contributed by atoms with E-state index in [2.05, 4.69) is 25.7 Å². The molecule has 0 heterocycles. The van der Waals surface area contributed by atoms with Gasteiger partial charge in [0.05, 0.1) is 6.04 Å². The van der Waals surface area contributed by atoms with Crippen LogP contribution in [0.2, 0.25) is 0 Å². The van der Waals surface area contributed by atoms with Crippen LogP contribution in [-0.4, -0.2) is 18.0 Å². The predicted octanol–water partition coefficient (Wildman–Crippen LogP) is 1.95. The Morgan fingerprint density at radius 3 is 2.29 bits per heavy atom. The van der Waals surface area contributed by atoms with Gasteiger partial charge in [0.1, 0.15) is 0 Å². The van der Waals surface area contributed by atoms with E-state index in [9.17, 15) is 4.79 Å². The van der Waals surface area contributed by atoms with Crippen LogP contribution in [0.15, 0.2) is 42.6 Å². The molecule has 5 N–H and O–H groups in total. The molecule has 1 unspecified atom stereocenters. The summed E-state index contributed by atoms with van der Waals surface area (Å²) in [5.41, 5.74) is 13.1. The van der Waals surface area contributed by atoms with E-state index in [1.807, 2.05) is 30.3 Å². The Labute approximate surface area is 127 Å². The number of primary amides is 1. The van der Waals surface area contributed by atoms with Gasteiger partial charge in [-0.1, -0.05) is 50.8 Å². The second-order valence-corrected chi connectivity index (χ2v) is 5.90. The SMILES string of the molecule is C=C(N)C(CC(C)C)N[C@H](CCc1ccccc1)C(N)=O. The molecule has 0 bridgehead atoms. The first-order valence-corrected chi connectivity index (χ1v) is 7.43. The van der Waals surface area contributed by atoms with E-state index < -0.39 is 6.04 Å². The zero-order valence-electron chi connectivity index (χ0n) is 13.0. The van der Waals surface area contributed by atoms with Crippen LogP contribution >= 0.6 is 0 Å². The first-order valence-electron chi connectivity index (χ1n) is 7.43. The molecule has 0 spiro atoms. The van der Waals surface area contributed by atoms with Crippen molar-refractivity contribution in [3.8, 4) is 0 Å². The molecule has 0 aliphatic rings. The van der Waals surface area contributed by atoms with Gasteiger partial charge >= 0.3 is 0 Å². The summed E-state index contributed by atoms with van der Waals surface area (Å²) in [4.78, 5) is 11.7. The number of carbonyl (C=O) groups excluding carboxylic acids is 1. The van der Waals surface area contributed by atoms with Gasteiger partial charge in [-0.05, 0) is 30.7 Å². The highest BCUT2D eigenvalue weighted by Crippen LogP contribution is 2.11. The third-order valence-electron chi connectivity index (χ3n) is 3.47. The highest BCUT2D eigenvalue weighted by molar-refractivity contribution is 5.79. The normalized spacial score (nSPS) is 13.9. The lowest BCUT2D eigenvalue weighted by atomic mass is 9.99. The summed E-state index contributed by atoms with van der Waals surface area (Å²) in [5.74, 6) is 0.117. The van der Waals surface area contributed by atoms with Crippen molar-refractivity contribution in [2.75, 3.05) is 0 Å². The van der Waals surface area contributed by atoms with Gasteiger partial charge in [0.25, 0.3) is 0 Å². The fourth-order valence-electron chi connectivity index (χ4n) is 2.30. The minimum absolute atomic E-state index is 0.0849. The highest BCUT2D eigenvalue weighted by atomic mass is 16.1. The first-order chi connectivity index (χ1) is 9.90. The molecule has 0 radical (unpaired) electrons. The Hall–Kier alpha value is -1.81. The summed E-state index contributed by atoms with van der Waals surface area (Å²) >= 11 is 0. The van der Waals surface area contributed by atoms with Crippen molar-refractivity contribution < 1.29 is 4.79 Å². The minimum atomic E-state index is -0.394. The lowest BCUT2D eigenvalue weighted by molar-refractivity contribution is -0.120. The lowest BCUT2D eigenvalue weighted by Gasteiger charge is -2.25. The molecule has 4 heteroatoms. The maximum absolute atomic E-state index is 11.7. The summed E-state index contributed by atoms with van der Waals surface area (Å²) in [6.45, 7) is 8.03. The number of rotatable bonds is 9. The maximum Gasteiger partial charge on any atom is 0.234 e. The van der Waals surface area contributed by atoms with Gasteiger partial charge in [-0.3, -0.25) is 10.1 Å². The van der Waals surface area contributed by atoms with Crippen molar-refractivity contribution in [2.45, 2.75) is 45.2 Å². The van der Waals surface area contributed by atoms with Gasteiger partial charge in [0.2, 0.25) is 5.91 Å². The van der Waals surface area contributed by atoms with E-state index in [1.54, 1.807) is 0 Å². The Kier molecular flexibility index (Phi) is 6.96. The summed E-state index contributed by atoms with van der Waals surface area (Å²) < 4.78 is 0. The van der Waals surface area contributed by atoms with Gasteiger partial charge in [-0.2, -0.15) is 0 Å². The second-order valence-electron chi connectivity index (χ2n) is 5.90. The molecular formula is C17H27N3O. The zero-order valence-corrected chi connectivity index (χ0v) is 13.0. The molecule has 1 amide bonds. The van der Waals surface area contributed by atoms with Crippen LogP contribution in [0.3, 0.4) is 0 Å². The summed E-state index contributed by atoms with van der Waals surface area (Å²) in [7, 11) is 0. The number of nitrogens with two attached hydrogens (primary N) is 2. The predicted molar refractivity (Wildman–Crippen MR) is 87.5 cm³/mol.